The summed E-state index contributed by atoms with van der Waals surface area (Å²) < 4.78 is 4.25. The molecule has 41 heavy (non-hydrogen) atoms. The van der Waals surface area contributed by atoms with E-state index in [9.17, 15) is 0 Å². The van der Waals surface area contributed by atoms with Crippen molar-refractivity contribution in [2.24, 2.45) is 45.8 Å². The number of hydrogen-bond donors (Lipinski definition) is 0. The highest BCUT2D eigenvalue weighted by Gasteiger charge is 2.66. The Balaban J connectivity index is 0.000000160. The molecule has 0 saturated heterocycles. The predicted molar refractivity (Wildman–Crippen MR) is 177 cm³/mol. The molecule has 1 heteroatoms. The van der Waals surface area contributed by atoms with Crippen LogP contribution in [0.1, 0.15) is 115 Å². The van der Waals surface area contributed by atoms with Crippen LogP contribution in [0.4, 0.5) is 0 Å². The molecule has 2 unspecified atom stereocenters. The van der Waals surface area contributed by atoms with Gasteiger partial charge >= 0.3 is 0 Å². The molecular formula is C40H62O. The maximum atomic E-state index is 4.25. The van der Waals surface area contributed by atoms with Crippen LogP contribution in [-0.4, -0.2) is 14.2 Å². The maximum Gasteiger partial charge on any atom is 0.0351 e. The molecule has 0 heterocycles. The van der Waals surface area contributed by atoms with Crippen LogP contribution in [0.2, 0.25) is 0 Å². The van der Waals surface area contributed by atoms with Gasteiger partial charge in [-0.2, -0.15) is 0 Å². The number of ether oxygens (including phenoxy) is 1. The third-order valence-corrected chi connectivity index (χ3v) is 11.6. The van der Waals surface area contributed by atoms with Crippen LogP contribution in [0.25, 0.3) is 0 Å². The molecule has 2 atom stereocenters. The third-order valence-electron chi connectivity index (χ3n) is 11.6. The van der Waals surface area contributed by atoms with Crippen molar-refractivity contribution in [2.75, 3.05) is 14.2 Å². The van der Waals surface area contributed by atoms with Gasteiger partial charge in [-0.1, -0.05) is 87.9 Å². The summed E-state index contributed by atoms with van der Waals surface area (Å²) in [7, 11) is 3.25. The Morgan fingerprint density at radius 2 is 0.878 bits per heavy atom. The zero-order chi connectivity index (χ0) is 29.5. The van der Waals surface area contributed by atoms with Crippen LogP contribution in [-0.2, 0) is 4.74 Å². The van der Waals surface area contributed by atoms with Crippen LogP contribution in [0.3, 0.4) is 0 Å². The normalized spacial score (nSPS) is 38.2. The molecule has 8 saturated carbocycles. The second-order valence-electron chi connectivity index (χ2n) is 15.6. The van der Waals surface area contributed by atoms with E-state index >= 15 is 0 Å². The topological polar surface area (TPSA) is 9.23 Å². The molecule has 0 N–H and O–H groups in total. The fourth-order valence-electron chi connectivity index (χ4n) is 11.1. The van der Waals surface area contributed by atoms with Crippen molar-refractivity contribution in [1.29, 1.82) is 0 Å². The summed E-state index contributed by atoms with van der Waals surface area (Å²) in [6.07, 6.45) is 20.9. The number of rotatable bonds is 1. The molecular weight excluding hydrogens is 496 g/mol. The Bertz CT molecular complexity index is 939. The Labute approximate surface area is 254 Å². The van der Waals surface area contributed by atoms with E-state index in [-0.39, 0.29) is 0 Å². The summed E-state index contributed by atoms with van der Waals surface area (Å²) in [5.41, 5.74) is 5.15. The molecule has 8 bridgehead atoms. The lowest BCUT2D eigenvalue weighted by atomic mass is 9.33. The molecule has 1 nitrogen and oxygen atoms in total. The van der Waals surface area contributed by atoms with Gasteiger partial charge in [0.1, 0.15) is 0 Å². The number of hydrogen-bond acceptors (Lipinski definition) is 1. The van der Waals surface area contributed by atoms with Crippen LogP contribution >= 0.6 is 0 Å². The van der Waals surface area contributed by atoms with Crippen molar-refractivity contribution in [3.8, 4) is 0 Å². The SMILES string of the molecule is CC12CC3CC(C1)CC(C14CC5CC(CC(C5)C1)C4)(C3)C2.CCC.COC.Cc1ccccc1C.c1ccccc1. The van der Waals surface area contributed by atoms with Crippen molar-refractivity contribution in [2.45, 2.75) is 118 Å². The molecule has 10 rings (SSSR count). The molecule has 0 aromatic heterocycles. The third kappa shape index (κ3) is 7.68. The van der Waals surface area contributed by atoms with Crippen LogP contribution in [0, 0.1) is 59.7 Å². The second-order valence-corrected chi connectivity index (χ2v) is 15.6. The lowest BCUT2D eigenvalue weighted by Gasteiger charge is -2.72. The van der Waals surface area contributed by atoms with Gasteiger partial charge in [0.05, 0.1) is 0 Å². The summed E-state index contributed by atoms with van der Waals surface area (Å²) in [5, 5.41) is 0. The van der Waals surface area contributed by atoms with Crippen LogP contribution in [0.5, 0.6) is 0 Å². The molecule has 8 aliphatic carbocycles. The van der Waals surface area contributed by atoms with Gasteiger partial charge in [-0.05, 0) is 148 Å². The zero-order valence-electron chi connectivity index (χ0n) is 27.8. The molecule has 0 aliphatic heterocycles. The first-order chi connectivity index (χ1) is 19.7. The Morgan fingerprint density at radius 1 is 0.561 bits per heavy atom. The first kappa shape index (κ1) is 32.3. The van der Waals surface area contributed by atoms with Crippen molar-refractivity contribution < 1.29 is 4.74 Å². The summed E-state index contributed by atoms with van der Waals surface area (Å²) in [4.78, 5) is 0. The maximum absolute atomic E-state index is 4.25. The van der Waals surface area contributed by atoms with Crippen molar-refractivity contribution in [1.82, 2.24) is 0 Å². The average molecular weight is 559 g/mol. The van der Waals surface area contributed by atoms with E-state index in [1.807, 2.05) is 36.4 Å². The van der Waals surface area contributed by atoms with Gasteiger partial charge < -0.3 is 4.74 Å². The summed E-state index contributed by atoms with van der Waals surface area (Å²) in [6, 6.07) is 20.4. The first-order valence-corrected chi connectivity index (χ1v) is 17.1. The Kier molecular flexibility index (Phi) is 11.2. The highest BCUT2D eigenvalue weighted by atomic mass is 16.4. The van der Waals surface area contributed by atoms with Gasteiger partial charge in [-0.25, -0.2) is 0 Å². The smallest absolute Gasteiger partial charge is 0.0351 e. The van der Waals surface area contributed by atoms with Gasteiger partial charge in [0, 0.05) is 14.2 Å². The van der Waals surface area contributed by atoms with E-state index in [2.05, 4.69) is 63.6 Å². The van der Waals surface area contributed by atoms with Gasteiger partial charge in [0.25, 0.3) is 0 Å². The number of methoxy groups -OCH3 is 1. The van der Waals surface area contributed by atoms with Crippen LogP contribution in [0.15, 0.2) is 60.7 Å². The Morgan fingerprint density at radius 3 is 1.20 bits per heavy atom. The molecule has 8 fully saturated rings. The molecule has 2 aromatic carbocycles. The molecule has 0 amide bonds. The van der Waals surface area contributed by atoms with Gasteiger partial charge in [0.15, 0.2) is 0 Å². The monoisotopic (exact) mass is 558 g/mol. The quantitative estimate of drug-likeness (QED) is 0.338. The molecule has 0 spiro atoms. The van der Waals surface area contributed by atoms with E-state index in [1.54, 1.807) is 91.3 Å². The predicted octanol–water partition coefficient (Wildman–Crippen LogP) is 11.5. The van der Waals surface area contributed by atoms with E-state index in [0.717, 1.165) is 45.8 Å². The van der Waals surface area contributed by atoms with E-state index < -0.39 is 0 Å². The number of aryl methyl sites for hydroxylation is 2. The highest BCUT2D eigenvalue weighted by Crippen LogP contribution is 2.76. The van der Waals surface area contributed by atoms with E-state index in [1.165, 1.54) is 17.5 Å². The van der Waals surface area contributed by atoms with E-state index in [4.69, 9.17) is 0 Å². The standard InChI is InChI=1S/C21H32.C8H10.C6H6.C3H8.C2H6O/c1-19-6-17-5-18(7-19)12-21(11-17,13-19)20-8-14-2-15(9-20)4-16(3-14)10-20;1-7-5-3-4-6-8(7)2;1-2-4-6-5-3-1;2*1-3-2/h14-18H,2-13H2,1H3;3-6H,1-2H3;1-6H;3H2,1-2H3;1-2H3. The minimum atomic E-state index is 0.757. The fraction of sp³-hybridized carbons (Fsp3) is 0.700. The minimum Gasteiger partial charge on any atom is -0.388 e. The summed E-state index contributed by atoms with van der Waals surface area (Å²) >= 11 is 0. The van der Waals surface area contributed by atoms with Crippen molar-refractivity contribution in [3.05, 3.63) is 71.8 Å². The summed E-state index contributed by atoms with van der Waals surface area (Å²) in [5.74, 6) is 5.71. The number of benzene rings is 2. The average Bonchev–Trinajstić information content (AvgIpc) is 2.91. The fourth-order valence-corrected chi connectivity index (χ4v) is 11.1. The summed E-state index contributed by atoms with van der Waals surface area (Å²) in [6.45, 7) is 11.2. The Hall–Kier alpha value is -1.60. The molecule has 8 aliphatic rings. The molecule has 2 aromatic rings. The lowest BCUT2D eigenvalue weighted by molar-refractivity contribution is -0.217. The largest absolute Gasteiger partial charge is 0.388 e. The van der Waals surface area contributed by atoms with Crippen LogP contribution < -0.4 is 0 Å². The van der Waals surface area contributed by atoms with Gasteiger partial charge in [-0.15, -0.1) is 0 Å². The first-order valence-electron chi connectivity index (χ1n) is 17.1. The van der Waals surface area contributed by atoms with Gasteiger partial charge in [0.2, 0.25) is 0 Å². The van der Waals surface area contributed by atoms with Gasteiger partial charge in [-0.3, -0.25) is 0 Å². The lowest BCUT2D eigenvalue weighted by Crippen LogP contribution is -2.62. The molecule has 228 valence electrons. The van der Waals surface area contributed by atoms with Crippen molar-refractivity contribution in [3.63, 3.8) is 0 Å². The highest BCUT2D eigenvalue weighted by molar-refractivity contribution is 5.23. The van der Waals surface area contributed by atoms with E-state index in [0.29, 0.717) is 0 Å². The zero-order valence-corrected chi connectivity index (χ0v) is 27.8. The minimum absolute atomic E-state index is 0.757. The second kappa shape index (κ2) is 14.2. The van der Waals surface area contributed by atoms with Crippen molar-refractivity contribution >= 4 is 0 Å². The molecule has 0 radical (unpaired) electrons.